The summed E-state index contributed by atoms with van der Waals surface area (Å²) in [4.78, 5) is 0. The van der Waals surface area contributed by atoms with Gasteiger partial charge in [0.1, 0.15) is 0 Å². The lowest BCUT2D eigenvalue weighted by Gasteiger charge is -2.06. The number of hydrogen-bond acceptors (Lipinski definition) is 2. The number of hydrogen-bond donors (Lipinski definition) is 0. The third-order valence-corrected chi connectivity index (χ3v) is 2.95. The molecule has 0 aliphatic heterocycles. The highest BCUT2D eigenvalue weighted by Crippen LogP contribution is 2.20. The molecule has 2 aromatic rings. The minimum Gasteiger partial charge on any atom is -0.154 e. The smallest absolute Gasteiger partial charge is 0.152 e. The van der Waals surface area contributed by atoms with Crippen LogP contribution in [0.3, 0.4) is 0 Å². The largest absolute Gasteiger partial charge is 0.154 e. The fourth-order valence-electron chi connectivity index (χ4n) is 1.49. The number of halogens is 2. The van der Waals surface area contributed by atoms with Gasteiger partial charge in [-0.15, -0.1) is 5.10 Å². The molecule has 0 saturated heterocycles. The second-order valence-corrected chi connectivity index (χ2v) is 4.34. The first-order valence-corrected chi connectivity index (χ1v) is 5.64. The summed E-state index contributed by atoms with van der Waals surface area (Å²) in [6.07, 6.45) is 0.723. The van der Waals surface area contributed by atoms with Crippen LogP contribution in [-0.4, -0.2) is 10.2 Å². The lowest BCUT2D eigenvalue weighted by molar-refractivity contribution is 0.942. The minimum absolute atomic E-state index is 0.410. The molecule has 0 amide bonds. The van der Waals surface area contributed by atoms with Crippen molar-refractivity contribution in [2.45, 2.75) is 13.3 Å². The first kappa shape index (κ1) is 11.4. The average Bonchev–Trinajstić information content (AvgIpc) is 2.27. The van der Waals surface area contributed by atoms with E-state index in [2.05, 4.69) is 10.2 Å². The number of aromatic nitrogens is 2. The molecular weight excluding hydrogens is 243 g/mol. The van der Waals surface area contributed by atoms with Crippen LogP contribution in [-0.2, 0) is 6.42 Å². The monoisotopic (exact) mass is 252 g/mol. The summed E-state index contributed by atoms with van der Waals surface area (Å²) in [6, 6.07) is 9.58. The Hall–Kier alpha value is -1.12. The highest BCUT2D eigenvalue weighted by molar-refractivity contribution is 6.31. The Morgan fingerprint density at radius 1 is 1.06 bits per heavy atom. The SMILES string of the molecule is Cc1nnc(Cl)cc1Cc1ccccc1Cl. The van der Waals surface area contributed by atoms with Gasteiger partial charge in [-0.05, 0) is 30.2 Å². The lowest BCUT2D eigenvalue weighted by Crippen LogP contribution is -1.97. The fraction of sp³-hybridized carbons (Fsp3) is 0.167. The van der Waals surface area contributed by atoms with Gasteiger partial charge in [0.2, 0.25) is 0 Å². The summed E-state index contributed by atoms with van der Waals surface area (Å²) in [5.74, 6) is 0. The molecule has 0 fully saturated rings. The van der Waals surface area contributed by atoms with E-state index in [-0.39, 0.29) is 0 Å². The molecule has 1 heterocycles. The molecule has 1 aromatic heterocycles. The molecule has 4 heteroatoms. The quantitative estimate of drug-likeness (QED) is 0.815. The van der Waals surface area contributed by atoms with Gasteiger partial charge in [-0.25, -0.2) is 0 Å². The molecule has 0 atom stereocenters. The van der Waals surface area contributed by atoms with Crippen molar-refractivity contribution in [2.24, 2.45) is 0 Å². The Morgan fingerprint density at radius 2 is 1.81 bits per heavy atom. The summed E-state index contributed by atoms with van der Waals surface area (Å²) in [6.45, 7) is 1.91. The zero-order valence-electron chi connectivity index (χ0n) is 8.74. The second kappa shape index (κ2) is 4.81. The van der Waals surface area contributed by atoms with E-state index in [1.54, 1.807) is 0 Å². The van der Waals surface area contributed by atoms with Gasteiger partial charge < -0.3 is 0 Å². The number of rotatable bonds is 2. The van der Waals surface area contributed by atoms with Crippen LogP contribution in [0.2, 0.25) is 10.2 Å². The summed E-state index contributed by atoms with van der Waals surface area (Å²) >= 11 is 11.9. The van der Waals surface area contributed by atoms with Crippen LogP contribution < -0.4 is 0 Å². The van der Waals surface area contributed by atoms with Crippen molar-refractivity contribution in [1.29, 1.82) is 0 Å². The number of aryl methyl sites for hydroxylation is 1. The maximum atomic E-state index is 6.10. The first-order chi connectivity index (χ1) is 7.66. The van der Waals surface area contributed by atoms with Crippen molar-refractivity contribution in [1.82, 2.24) is 10.2 Å². The van der Waals surface area contributed by atoms with Crippen LogP contribution >= 0.6 is 23.2 Å². The predicted octanol–water partition coefficient (Wildman–Crippen LogP) is 3.68. The molecule has 0 radical (unpaired) electrons. The van der Waals surface area contributed by atoms with Crippen molar-refractivity contribution in [3.05, 3.63) is 57.3 Å². The van der Waals surface area contributed by atoms with Gasteiger partial charge in [0.25, 0.3) is 0 Å². The molecule has 1 aromatic carbocycles. The fourth-order valence-corrected chi connectivity index (χ4v) is 1.86. The van der Waals surface area contributed by atoms with E-state index >= 15 is 0 Å². The summed E-state index contributed by atoms with van der Waals surface area (Å²) in [5.41, 5.74) is 2.99. The van der Waals surface area contributed by atoms with Crippen molar-refractivity contribution < 1.29 is 0 Å². The third-order valence-electron chi connectivity index (χ3n) is 2.39. The van der Waals surface area contributed by atoms with Crippen LogP contribution in [0.4, 0.5) is 0 Å². The normalized spacial score (nSPS) is 10.4. The highest BCUT2D eigenvalue weighted by Gasteiger charge is 2.05. The average molecular weight is 253 g/mol. The van der Waals surface area contributed by atoms with Gasteiger partial charge in [0.05, 0.1) is 5.69 Å². The molecule has 0 saturated carbocycles. The highest BCUT2D eigenvalue weighted by atomic mass is 35.5. The molecular formula is C12H10Cl2N2. The Morgan fingerprint density at radius 3 is 2.56 bits per heavy atom. The van der Waals surface area contributed by atoms with E-state index in [1.165, 1.54) is 0 Å². The Kier molecular flexibility index (Phi) is 3.42. The third kappa shape index (κ3) is 2.52. The van der Waals surface area contributed by atoms with Gasteiger partial charge in [-0.1, -0.05) is 41.4 Å². The molecule has 0 N–H and O–H groups in total. The summed E-state index contributed by atoms with van der Waals surface area (Å²) in [7, 11) is 0. The van der Waals surface area contributed by atoms with Gasteiger partial charge >= 0.3 is 0 Å². The van der Waals surface area contributed by atoms with Crippen molar-refractivity contribution >= 4 is 23.2 Å². The van der Waals surface area contributed by atoms with Crippen LogP contribution in [0.15, 0.2) is 30.3 Å². The number of benzene rings is 1. The molecule has 0 unspecified atom stereocenters. The predicted molar refractivity (Wildman–Crippen MR) is 66.0 cm³/mol. The van der Waals surface area contributed by atoms with Crippen molar-refractivity contribution in [3.8, 4) is 0 Å². The van der Waals surface area contributed by atoms with Gasteiger partial charge in [-0.2, -0.15) is 5.10 Å². The molecule has 0 bridgehead atoms. The Balaban J connectivity index is 2.34. The van der Waals surface area contributed by atoms with Gasteiger partial charge in [-0.3, -0.25) is 0 Å². The molecule has 2 rings (SSSR count). The van der Waals surface area contributed by atoms with E-state index in [1.807, 2.05) is 37.3 Å². The van der Waals surface area contributed by atoms with E-state index in [0.29, 0.717) is 5.15 Å². The zero-order valence-corrected chi connectivity index (χ0v) is 10.3. The molecule has 0 spiro atoms. The van der Waals surface area contributed by atoms with Crippen LogP contribution in [0.5, 0.6) is 0 Å². The van der Waals surface area contributed by atoms with Crippen LogP contribution in [0.25, 0.3) is 0 Å². The standard InChI is InChI=1S/C12H10Cl2N2/c1-8-10(7-12(14)16-15-8)6-9-4-2-3-5-11(9)13/h2-5,7H,6H2,1H3. The lowest BCUT2D eigenvalue weighted by atomic mass is 10.0. The molecule has 82 valence electrons. The Bertz CT molecular complexity index is 512. The Labute approximate surface area is 104 Å². The number of nitrogens with zero attached hydrogens (tertiary/aromatic N) is 2. The van der Waals surface area contributed by atoms with Crippen molar-refractivity contribution in [3.63, 3.8) is 0 Å². The van der Waals surface area contributed by atoms with Gasteiger partial charge in [0, 0.05) is 11.4 Å². The summed E-state index contributed by atoms with van der Waals surface area (Å²) in [5, 5.41) is 8.93. The summed E-state index contributed by atoms with van der Waals surface area (Å²) < 4.78 is 0. The van der Waals surface area contributed by atoms with E-state index in [0.717, 1.165) is 28.3 Å². The second-order valence-electron chi connectivity index (χ2n) is 3.55. The topological polar surface area (TPSA) is 25.8 Å². The minimum atomic E-state index is 0.410. The molecule has 0 aliphatic carbocycles. The van der Waals surface area contributed by atoms with Crippen molar-refractivity contribution in [2.75, 3.05) is 0 Å². The van der Waals surface area contributed by atoms with E-state index in [4.69, 9.17) is 23.2 Å². The zero-order chi connectivity index (χ0) is 11.5. The maximum Gasteiger partial charge on any atom is 0.152 e. The van der Waals surface area contributed by atoms with Gasteiger partial charge in [0.15, 0.2) is 5.15 Å². The first-order valence-electron chi connectivity index (χ1n) is 4.89. The van der Waals surface area contributed by atoms with Crippen LogP contribution in [0.1, 0.15) is 16.8 Å². The molecule has 2 nitrogen and oxygen atoms in total. The van der Waals surface area contributed by atoms with E-state index < -0.39 is 0 Å². The van der Waals surface area contributed by atoms with E-state index in [9.17, 15) is 0 Å². The van der Waals surface area contributed by atoms with Crippen LogP contribution in [0, 0.1) is 6.92 Å². The molecule has 0 aliphatic rings. The molecule has 16 heavy (non-hydrogen) atoms. The maximum absolute atomic E-state index is 6.10.